The van der Waals surface area contributed by atoms with E-state index in [0.29, 0.717) is 19.6 Å². The maximum atomic E-state index is 13.2. The summed E-state index contributed by atoms with van der Waals surface area (Å²) in [6.45, 7) is 6.59. The van der Waals surface area contributed by atoms with E-state index in [1.54, 1.807) is 17.0 Å². The van der Waals surface area contributed by atoms with E-state index in [9.17, 15) is 9.18 Å². The number of hydrogen-bond acceptors (Lipinski definition) is 4. The summed E-state index contributed by atoms with van der Waals surface area (Å²) in [6.07, 6.45) is 4.25. The number of aromatic nitrogens is 1. The summed E-state index contributed by atoms with van der Waals surface area (Å²) < 4.78 is 13.2. The van der Waals surface area contributed by atoms with E-state index < -0.39 is 0 Å². The number of halogens is 1. The van der Waals surface area contributed by atoms with E-state index in [1.807, 2.05) is 37.3 Å². The standard InChI is InChI=1S/C24H34FN5O/c1-19-10-12-29(13-11-19)23-9-6-21(16-26-23)17-27-24(31)30(15-14-28(2)3)18-20-4-7-22(25)8-5-20/h4-9,16,19H,10-15,17-18H2,1-3H3,(H,27,31). The van der Waals surface area contributed by atoms with Crippen molar-refractivity contribution in [3.05, 3.63) is 59.5 Å². The van der Waals surface area contributed by atoms with Crippen LogP contribution in [0.1, 0.15) is 30.9 Å². The van der Waals surface area contributed by atoms with E-state index in [0.717, 1.165) is 42.5 Å². The van der Waals surface area contributed by atoms with Gasteiger partial charge in [0.1, 0.15) is 11.6 Å². The highest BCUT2D eigenvalue weighted by atomic mass is 19.1. The normalized spacial score (nSPS) is 14.7. The van der Waals surface area contributed by atoms with Gasteiger partial charge in [-0.2, -0.15) is 0 Å². The highest BCUT2D eigenvalue weighted by Crippen LogP contribution is 2.21. The number of nitrogens with one attached hydrogen (secondary N) is 1. The Labute approximate surface area is 185 Å². The molecule has 1 saturated heterocycles. The summed E-state index contributed by atoms with van der Waals surface area (Å²) in [5.74, 6) is 1.52. The van der Waals surface area contributed by atoms with E-state index >= 15 is 0 Å². The van der Waals surface area contributed by atoms with Gasteiger partial charge < -0.3 is 20.0 Å². The molecule has 0 radical (unpaired) electrons. The lowest BCUT2D eigenvalue weighted by atomic mass is 9.99. The molecule has 1 aliphatic heterocycles. The summed E-state index contributed by atoms with van der Waals surface area (Å²) in [7, 11) is 3.95. The van der Waals surface area contributed by atoms with Gasteiger partial charge in [0, 0.05) is 45.5 Å². The van der Waals surface area contributed by atoms with Crippen molar-refractivity contribution < 1.29 is 9.18 Å². The van der Waals surface area contributed by atoms with Crippen LogP contribution < -0.4 is 10.2 Å². The maximum Gasteiger partial charge on any atom is 0.318 e. The fourth-order valence-corrected chi connectivity index (χ4v) is 3.62. The molecule has 1 aromatic heterocycles. The number of rotatable bonds is 8. The average molecular weight is 428 g/mol. The molecule has 168 valence electrons. The van der Waals surface area contributed by atoms with Crippen LogP contribution in [0.3, 0.4) is 0 Å². The molecule has 2 heterocycles. The Morgan fingerprint density at radius 2 is 1.77 bits per heavy atom. The molecule has 0 unspecified atom stereocenters. The van der Waals surface area contributed by atoms with Crippen LogP contribution in [-0.2, 0) is 13.1 Å². The van der Waals surface area contributed by atoms with Gasteiger partial charge in [0.15, 0.2) is 0 Å². The number of piperidine rings is 1. The van der Waals surface area contributed by atoms with E-state index in [1.165, 1.54) is 25.0 Å². The smallest absolute Gasteiger partial charge is 0.318 e. The predicted molar refractivity (Wildman–Crippen MR) is 122 cm³/mol. The summed E-state index contributed by atoms with van der Waals surface area (Å²) in [5, 5.41) is 3.00. The zero-order chi connectivity index (χ0) is 22.2. The van der Waals surface area contributed by atoms with Crippen molar-refractivity contribution in [3.8, 4) is 0 Å². The van der Waals surface area contributed by atoms with Gasteiger partial charge in [0.2, 0.25) is 0 Å². The van der Waals surface area contributed by atoms with Gasteiger partial charge >= 0.3 is 6.03 Å². The van der Waals surface area contributed by atoms with Crippen LogP contribution in [0.2, 0.25) is 0 Å². The highest BCUT2D eigenvalue weighted by molar-refractivity contribution is 5.74. The summed E-state index contributed by atoms with van der Waals surface area (Å²) in [5.41, 5.74) is 1.87. The lowest BCUT2D eigenvalue weighted by Gasteiger charge is -2.31. The van der Waals surface area contributed by atoms with Crippen LogP contribution in [0.4, 0.5) is 15.0 Å². The lowest BCUT2D eigenvalue weighted by molar-refractivity contribution is 0.188. The number of carbonyl (C=O) groups is 1. The molecular weight excluding hydrogens is 393 g/mol. The molecule has 0 atom stereocenters. The first-order valence-electron chi connectivity index (χ1n) is 11.0. The van der Waals surface area contributed by atoms with Gasteiger partial charge in [-0.1, -0.05) is 25.1 Å². The number of urea groups is 1. The first-order chi connectivity index (χ1) is 14.9. The average Bonchev–Trinajstić information content (AvgIpc) is 2.77. The quantitative estimate of drug-likeness (QED) is 0.698. The molecule has 1 aromatic carbocycles. The second-order valence-corrected chi connectivity index (χ2v) is 8.70. The number of likely N-dealkylation sites (N-methyl/N-ethyl adjacent to an activating group) is 1. The fraction of sp³-hybridized carbons (Fsp3) is 0.500. The Morgan fingerprint density at radius 3 is 2.39 bits per heavy atom. The molecule has 0 spiro atoms. The number of pyridine rings is 1. The van der Waals surface area contributed by atoms with Crippen molar-refractivity contribution in [1.29, 1.82) is 0 Å². The zero-order valence-corrected chi connectivity index (χ0v) is 18.9. The highest BCUT2D eigenvalue weighted by Gasteiger charge is 2.17. The van der Waals surface area contributed by atoms with Gasteiger partial charge in [0.25, 0.3) is 0 Å². The SMILES string of the molecule is CC1CCN(c2ccc(CNC(=O)N(CCN(C)C)Cc3ccc(F)cc3)cn2)CC1. The van der Waals surface area contributed by atoms with Crippen molar-refractivity contribution in [2.24, 2.45) is 5.92 Å². The first-order valence-corrected chi connectivity index (χ1v) is 11.0. The monoisotopic (exact) mass is 427 g/mol. The van der Waals surface area contributed by atoms with E-state index in [2.05, 4.69) is 22.1 Å². The molecule has 0 saturated carbocycles. The minimum absolute atomic E-state index is 0.139. The van der Waals surface area contributed by atoms with Crippen LogP contribution in [0, 0.1) is 11.7 Å². The van der Waals surface area contributed by atoms with Gasteiger partial charge in [-0.3, -0.25) is 0 Å². The molecule has 0 aliphatic carbocycles. The summed E-state index contributed by atoms with van der Waals surface area (Å²) in [6, 6.07) is 10.2. The number of hydrogen-bond donors (Lipinski definition) is 1. The molecule has 0 bridgehead atoms. The Balaban J connectivity index is 1.55. The molecule has 1 fully saturated rings. The van der Waals surface area contributed by atoms with Gasteiger partial charge in [-0.25, -0.2) is 14.2 Å². The van der Waals surface area contributed by atoms with Crippen LogP contribution >= 0.6 is 0 Å². The molecule has 3 rings (SSSR count). The predicted octanol–water partition coefficient (Wildman–Crippen LogP) is 3.73. The molecule has 1 N–H and O–H groups in total. The van der Waals surface area contributed by atoms with Crippen LogP contribution in [0.15, 0.2) is 42.6 Å². The largest absolute Gasteiger partial charge is 0.357 e. The molecule has 7 heteroatoms. The molecular formula is C24H34FN5O. The third kappa shape index (κ3) is 7.21. The number of benzene rings is 1. The second-order valence-electron chi connectivity index (χ2n) is 8.70. The van der Waals surface area contributed by atoms with E-state index in [-0.39, 0.29) is 11.8 Å². The Hall–Kier alpha value is -2.67. The third-order valence-corrected chi connectivity index (χ3v) is 5.75. The number of amides is 2. The Kier molecular flexibility index (Phi) is 8.23. The Morgan fingerprint density at radius 1 is 1.10 bits per heavy atom. The van der Waals surface area contributed by atoms with E-state index in [4.69, 9.17) is 0 Å². The van der Waals surface area contributed by atoms with Gasteiger partial charge in [0.05, 0.1) is 0 Å². The lowest BCUT2D eigenvalue weighted by Crippen LogP contribution is -2.42. The minimum Gasteiger partial charge on any atom is -0.357 e. The van der Waals surface area contributed by atoms with Crippen molar-refractivity contribution in [1.82, 2.24) is 20.1 Å². The number of anilines is 1. The summed E-state index contributed by atoms with van der Waals surface area (Å²) >= 11 is 0. The molecule has 2 amide bonds. The second kappa shape index (κ2) is 11.1. The first kappa shape index (κ1) is 23.0. The van der Waals surface area contributed by atoms with Crippen molar-refractivity contribution in [2.75, 3.05) is 45.2 Å². The zero-order valence-electron chi connectivity index (χ0n) is 18.9. The molecule has 1 aliphatic rings. The third-order valence-electron chi connectivity index (χ3n) is 5.75. The van der Waals surface area contributed by atoms with Crippen molar-refractivity contribution in [3.63, 3.8) is 0 Å². The molecule has 31 heavy (non-hydrogen) atoms. The summed E-state index contributed by atoms with van der Waals surface area (Å²) in [4.78, 5) is 23.6. The van der Waals surface area contributed by atoms with Crippen LogP contribution in [-0.4, -0.2) is 61.1 Å². The molecule has 2 aromatic rings. The van der Waals surface area contributed by atoms with Crippen LogP contribution in [0.5, 0.6) is 0 Å². The van der Waals surface area contributed by atoms with Gasteiger partial charge in [-0.05, 0) is 62.2 Å². The van der Waals surface area contributed by atoms with Crippen molar-refractivity contribution >= 4 is 11.8 Å². The fourth-order valence-electron chi connectivity index (χ4n) is 3.62. The number of nitrogens with zero attached hydrogens (tertiary/aromatic N) is 4. The Bertz CT molecular complexity index is 817. The maximum absolute atomic E-state index is 13.2. The van der Waals surface area contributed by atoms with Crippen molar-refractivity contribution in [2.45, 2.75) is 32.9 Å². The number of carbonyl (C=O) groups excluding carboxylic acids is 1. The molecule has 6 nitrogen and oxygen atoms in total. The minimum atomic E-state index is -0.275. The topological polar surface area (TPSA) is 51.7 Å². The van der Waals surface area contributed by atoms with Gasteiger partial charge in [-0.15, -0.1) is 0 Å². The van der Waals surface area contributed by atoms with Crippen LogP contribution in [0.25, 0.3) is 0 Å².